The van der Waals surface area contributed by atoms with Crippen LogP contribution in [0.5, 0.6) is 5.75 Å². The number of hydrogen-bond acceptors (Lipinski definition) is 4. The molecule has 1 heterocycles. The van der Waals surface area contributed by atoms with Crippen LogP contribution < -0.4 is 4.74 Å². The van der Waals surface area contributed by atoms with Gasteiger partial charge in [0.15, 0.2) is 5.60 Å². The number of amides is 1. The van der Waals surface area contributed by atoms with Crippen LogP contribution in [0.15, 0.2) is 18.2 Å². The van der Waals surface area contributed by atoms with Crippen LogP contribution in [0.25, 0.3) is 0 Å². The predicted octanol–water partition coefficient (Wildman–Crippen LogP) is 1.72. The lowest BCUT2D eigenvalue weighted by atomic mass is 9.91. The fraction of sp³-hybridized carbons (Fsp3) is 0.500. The number of benzene rings is 1. The third kappa shape index (κ3) is 3.95. The van der Waals surface area contributed by atoms with Crippen LogP contribution in [-0.4, -0.2) is 52.3 Å². The minimum absolute atomic E-state index is 0.0297. The average Bonchev–Trinajstić information content (AvgIpc) is 2.51. The SMILES string of the molecule is CCOc1c(Cl)cccc1CC(=O)N1CCC(O)(C(=O)O)CC1. The van der Waals surface area contributed by atoms with E-state index in [4.69, 9.17) is 21.4 Å². The van der Waals surface area contributed by atoms with Gasteiger partial charge in [-0.3, -0.25) is 4.79 Å². The molecule has 0 saturated carbocycles. The molecule has 23 heavy (non-hydrogen) atoms. The van der Waals surface area contributed by atoms with Crippen molar-refractivity contribution in [3.8, 4) is 5.75 Å². The minimum Gasteiger partial charge on any atom is -0.492 e. The first kappa shape index (κ1) is 17.6. The smallest absolute Gasteiger partial charge is 0.335 e. The molecular weight excluding hydrogens is 322 g/mol. The molecule has 7 heteroatoms. The molecule has 0 aliphatic carbocycles. The number of carbonyl (C=O) groups is 2. The summed E-state index contributed by atoms with van der Waals surface area (Å²) in [5, 5.41) is 19.4. The number of carbonyl (C=O) groups excluding carboxylic acids is 1. The maximum atomic E-state index is 12.4. The molecule has 1 saturated heterocycles. The highest BCUT2D eigenvalue weighted by Crippen LogP contribution is 2.30. The summed E-state index contributed by atoms with van der Waals surface area (Å²) in [5.41, 5.74) is -1.04. The van der Waals surface area contributed by atoms with E-state index in [1.807, 2.05) is 6.92 Å². The zero-order valence-corrected chi connectivity index (χ0v) is 13.7. The summed E-state index contributed by atoms with van der Waals surface area (Å²) in [6.07, 6.45) is 0.186. The van der Waals surface area contributed by atoms with Crippen molar-refractivity contribution in [2.45, 2.75) is 31.8 Å². The summed E-state index contributed by atoms with van der Waals surface area (Å²) in [4.78, 5) is 25.0. The van der Waals surface area contributed by atoms with Gasteiger partial charge in [-0.1, -0.05) is 23.7 Å². The second-order valence-electron chi connectivity index (χ2n) is 5.56. The molecule has 1 fully saturated rings. The Morgan fingerprint density at radius 2 is 2.00 bits per heavy atom. The van der Waals surface area contributed by atoms with Gasteiger partial charge in [0.1, 0.15) is 5.75 Å². The molecule has 1 aliphatic heterocycles. The normalized spacial score (nSPS) is 16.9. The number of carboxylic acid groups (broad SMARTS) is 1. The van der Waals surface area contributed by atoms with Crippen molar-refractivity contribution < 1.29 is 24.5 Å². The molecule has 0 bridgehead atoms. The summed E-state index contributed by atoms with van der Waals surface area (Å²) in [7, 11) is 0. The lowest BCUT2D eigenvalue weighted by Gasteiger charge is -2.35. The van der Waals surface area contributed by atoms with E-state index >= 15 is 0 Å². The molecule has 1 aliphatic rings. The van der Waals surface area contributed by atoms with Gasteiger partial charge in [0.25, 0.3) is 0 Å². The zero-order valence-electron chi connectivity index (χ0n) is 12.9. The fourth-order valence-corrected chi connectivity index (χ4v) is 2.86. The number of ether oxygens (including phenoxy) is 1. The summed E-state index contributed by atoms with van der Waals surface area (Å²) in [5.74, 6) is -0.872. The first-order chi connectivity index (χ1) is 10.9. The Labute approximate surface area is 139 Å². The average molecular weight is 342 g/mol. The fourth-order valence-electron chi connectivity index (χ4n) is 2.61. The van der Waals surface area contributed by atoms with Crippen molar-refractivity contribution >= 4 is 23.5 Å². The standard InChI is InChI=1S/C16H20ClNO5/c1-2-23-14-11(4-3-5-12(14)17)10-13(19)18-8-6-16(22,7-9-18)15(20)21/h3-5,22H,2,6-10H2,1H3,(H,20,21). The number of para-hydroxylation sites is 1. The van der Waals surface area contributed by atoms with Crippen molar-refractivity contribution in [1.82, 2.24) is 4.90 Å². The second kappa shape index (κ2) is 7.19. The maximum absolute atomic E-state index is 12.4. The zero-order chi connectivity index (χ0) is 17.0. The van der Waals surface area contributed by atoms with Gasteiger partial charge >= 0.3 is 5.97 Å². The minimum atomic E-state index is -1.73. The van der Waals surface area contributed by atoms with Crippen molar-refractivity contribution in [3.05, 3.63) is 28.8 Å². The molecule has 0 radical (unpaired) electrons. The third-order valence-corrected chi connectivity index (χ3v) is 4.32. The number of nitrogens with zero attached hydrogens (tertiary/aromatic N) is 1. The molecule has 1 amide bonds. The summed E-state index contributed by atoms with van der Waals surface area (Å²) >= 11 is 6.10. The van der Waals surface area contributed by atoms with Gasteiger partial charge in [0, 0.05) is 31.5 Å². The highest BCUT2D eigenvalue weighted by molar-refractivity contribution is 6.32. The number of hydrogen-bond donors (Lipinski definition) is 2. The van der Waals surface area contributed by atoms with Gasteiger partial charge in [-0.25, -0.2) is 4.79 Å². The number of aliphatic hydroxyl groups is 1. The van der Waals surface area contributed by atoms with Crippen LogP contribution in [0.4, 0.5) is 0 Å². The largest absolute Gasteiger partial charge is 0.492 e. The van der Waals surface area contributed by atoms with E-state index in [0.29, 0.717) is 22.9 Å². The molecule has 1 aromatic rings. The number of likely N-dealkylation sites (tertiary alicyclic amines) is 1. The Morgan fingerprint density at radius 3 is 2.57 bits per heavy atom. The van der Waals surface area contributed by atoms with Gasteiger partial charge < -0.3 is 19.8 Å². The van der Waals surface area contributed by atoms with E-state index in [1.54, 1.807) is 23.1 Å². The lowest BCUT2D eigenvalue weighted by Crippen LogP contribution is -2.51. The summed E-state index contributed by atoms with van der Waals surface area (Å²) in [6, 6.07) is 5.24. The number of halogens is 1. The molecule has 6 nitrogen and oxygen atoms in total. The Hall–Kier alpha value is -1.79. The monoisotopic (exact) mass is 341 g/mol. The lowest BCUT2D eigenvalue weighted by molar-refractivity contribution is -0.165. The van der Waals surface area contributed by atoms with E-state index in [1.165, 1.54) is 0 Å². The van der Waals surface area contributed by atoms with Crippen LogP contribution in [0.3, 0.4) is 0 Å². The summed E-state index contributed by atoms with van der Waals surface area (Å²) in [6.45, 7) is 2.71. The van der Waals surface area contributed by atoms with Gasteiger partial charge in [-0.15, -0.1) is 0 Å². The van der Waals surface area contributed by atoms with Crippen LogP contribution in [0, 0.1) is 0 Å². The molecule has 0 unspecified atom stereocenters. The van der Waals surface area contributed by atoms with E-state index in [9.17, 15) is 14.7 Å². The summed E-state index contributed by atoms with van der Waals surface area (Å²) < 4.78 is 5.50. The van der Waals surface area contributed by atoms with Crippen molar-refractivity contribution in [2.75, 3.05) is 19.7 Å². The topological polar surface area (TPSA) is 87.1 Å². The van der Waals surface area contributed by atoms with Gasteiger partial charge in [-0.2, -0.15) is 0 Å². The molecule has 2 N–H and O–H groups in total. The van der Waals surface area contributed by atoms with Crippen molar-refractivity contribution in [1.29, 1.82) is 0 Å². The number of piperidine rings is 1. The third-order valence-electron chi connectivity index (χ3n) is 4.02. The van der Waals surface area contributed by atoms with Crippen LogP contribution in [0.1, 0.15) is 25.3 Å². The molecule has 0 atom stereocenters. The Kier molecular flexibility index (Phi) is 5.49. The number of carboxylic acids is 1. The first-order valence-electron chi connectivity index (χ1n) is 7.51. The van der Waals surface area contributed by atoms with E-state index in [2.05, 4.69) is 0 Å². The Balaban J connectivity index is 2.04. The van der Waals surface area contributed by atoms with Gasteiger partial charge in [0.05, 0.1) is 18.1 Å². The Bertz CT molecular complexity index is 596. The van der Waals surface area contributed by atoms with Crippen LogP contribution in [-0.2, 0) is 16.0 Å². The van der Waals surface area contributed by atoms with Crippen molar-refractivity contribution in [2.24, 2.45) is 0 Å². The molecule has 1 aromatic carbocycles. The van der Waals surface area contributed by atoms with E-state index < -0.39 is 11.6 Å². The molecule has 126 valence electrons. The van der Waals surface area contributed by atoms with Crippen LogP contribution >= 0.6 is 11.6 Å². The van der Waals surface area contributed by atoms with Crippen LogP contribution in [0.2, 0.25) is 5.02 Å². The number of rotatable bonds is 5. The van der Waals surface area contributed by atoms with Gasteiger partial charge in [-0.05, 0) is 13.0 Å². The number of aliphatic carboxylic acids is 1. The quantitative estimate of drug-likeness (QED) is 0.851. The molecule has 0 aromatic heterocycles. The molecule has 2 rings (SSSR count). The van der Waals surface area contributed by atoms with Gasteiger partial charge in [0.2, 0.25) is 5.91 Å². The second-order valence-corrected chi connectivity index (χ2v) is 5.96. The highest BCUT2D eigenvalue weighted by atomic mass is 35.5. The maximum Gasteiger partial charge on any atom is 0.335 e. The van der Waals surface area contributed by atoms with E-state index in [0.717, 1.165) is 0 Å². The highest BCUT2D eigenvalue weighted by Gasteiger charge is 2.40. The first-order valence-corrected chi connectivity index (χ1v) is 7.89. The van der Waals surface area contributed by atoms with E-state index in [-0.39, 0.29) is 38.3 Å². The van der Waals surface area contributed by atoms with Crippen molar-refractivity contribution in [3.63, 3.8) is 0 Å². The Morgan fingerprint density at radius 1 is 1.35 bits per heavy atom. The molecule has 0 spiro atoms. The molecular formula is C16H20ClNO5. The predicted molar refractivity (Wildman–Crippen MR) is 84.7 cm³/mol.